The van der Waals surface area contributed by atoms with Gasteiger partial charge in [0.2, 0.25) is 0 Å². The highest BCUT2D eigenvalue weighted by atomic mass is 127. The molecule has 0 saturated carbocycles. The Morgan fingerprint density at radius 3 is 2.81 bits per heavy atom. The number of halogens is 2. The van der Waals surface area contributed by atoms with Gasteiger partial charge in [0, 0.05) is 16.9 Å². The number of amides is 1. The summed E-state index contributed by atoms with van der Waals surface area (Å²) in [7, 11) is 0. The minimum atomic E-state index is -0.155. The summed E-state index contributed by atoms with van der Waals surface area (Å²) in [5.74, 6) is -0.0156. The minimum absolute atomic E-state index is 0.119. The Hall–Kier alpha value is -0.300. The number of benzene rings is 1. The van der Waals surface area contributed by atoms with Crippen LogP contribution in [0.15, 0.2) is 18.2 Å². The molecule has 0 radical (unpaired) electrons. The molecule has 0 heterocycles. The van der Waals surface area contributed by atoms with Crippen LogP contribution in [0, 0.1) is 3.57 Å². The van der Waals surface area contributed by atoms with Crippen LogP contribution in [0.5, 0.6) is 5.75 Å². The smallest absolute Gasteiger partial charge is 0.251 e. The van der Waals surface area contributed by atoms with E-state index in [0.717, 1.165) is 15.3 Å². The molecule has 0 bridgehead atoms. The Kier molecular flexibility index (Phi) is 5.54. The zero-order valence-corrected chi connectivity index (χ0v) is 12.6. The molecule has 0 fully saturated rings. The van der Waals surface area contributed by atoms with E-state index in [4.69, 9.17) is 0 Å². The van der Waals surface area contributed by atoms with Crippen molar-refractivity contribution in [1.29, 1.82) is 0 Å². The third-order valence-electron chi connectivity index (χ3n) is 2.22. The van der Waals surface area contributed by atoms with Gasteiger partial charge in [-0.2, -0.15) is 0 Å². The maximum Gasteiger partial charge on any atom is 0.251 e. The van der Waals surface area contributed by atoms with E-state index in [0.29, 0.717) is 5.56 Å². The third kappa shape index (κ3) is 3.62. The lowest BCUT2D eigenvalue weighted by molar-refractivity contribution is 0.0940. The van der Waals surface area contributed by atoms with E-state index in [1.165, 1.54) is 6.07 Å². The Bertz CT molecular complexity index is 380. The highest BCUT2D eigenvalue weighted by Crippen LogP contribution is 2.20. The number of alkyl halides is 1. The van der Waals surface area contributed by atoms with Gasteiger partial charge in [0.25, 0.3) is 5.91 Å². The number of carbonyl (C=O) groups excluding carboxylic acids is 1. The first-order chi connectivity index (χ1) is 7.58. The number of carbonyl (C=O) groups is 1. The predicted molar refractivity (Wildman–Crippen MR) is 76.2 cm³/mol. The molecule has 1 rings (SSSR count). The normalized spacial score (nSPS) is 12.2. The van der Waals surface area contributed by atoms with E-state index in [2.05, 4.69) is 21.2 Å². The van der Waals surface area contributed by atoms with Crippen LogP contribution in [0.25, 0.3) is 0 Å². The third-order valence-corrected chi connectivity index (χ3v) is 3.92. The highest BCUT2D eigenvalue weighted by Gasteiger charge is 2.12. The van der Waals surface area contributed by atoms with E-state index < -0.39 is 0 Å². The van der Waals surface area contributed by atoms with Crippen molar-refractivity contribution in [3.8, 4) is 5.75 Å². The molecular formula is C11H13BrINO2. The number of hydrogen-bond donors (Lipinski definition) is 2. The first-order valence-electron chi connectivity index (χ1n) is 4.93. The van der Waals surface area contributed by atoms with Gasteiger partial charge in [0.1, 0.15) is 5.75 Å². The fourth-order valence-corrected chi connectivity index (χ4v) is 2.13. The Morgan fingerprint density at radius 1 is 1.62 bits per heavy atom. The summed E-state index contributed by atoms with van der Waals surface area (Å²) in [4.78, 5) is 11.8. The lowest BCUT2D eigenvalue weighted by atomic mass is 10.2. The van der Waals surface area contributed by atoms with Crippen molar-refractivity contribution in [3.63, 3.8) is 0 Å². The van der Waals surface area contributed by atoms with E-state index in [1.807, 2.05) is 29.5 Å². The summed E-state index contributed by atoms with van der Waals surface area (Å²) >= 11 is 5.35. The van der Waals surface area contributed by atoms with Crippen LogP contribution in [0.3, 0.4) is 0 Å². The molecule has 1 aromatic carbocycles. The molecule has 88 valence electrons. The van der Waals surface area contributed by atoms with E-state index >= 15 is 0 Å². The maximum atomic E-state index is 11.8. The summed E-state index contributed by atoms with van der Waals surface area (Å²) in [5, 5.41) is 13.1. The minimum Gasteiger partial charge on any atom is -0.507 e. The molecule has 1 unspecified atom stereocenters. The molecule has 0 aliphatic heterocycles. The van der Waals surface area contributed by atoms with Crippen molar-refractivity contribution in [2.75, 3.05) is 5.33 Å². The predicted octanol–water partition coefficient (Wildman–Crippen LogP) is 2.90. The zero-order valence-electron chi connectivity index (χ0n) is 8.84. The van der Waals surface area contributed by atoms with Crippen molar-refractivity contribution in [2.24, 2.45) is 0 Å². The second-order valence-corrected chi connectivity index (χ2v) is 5.21. The Labute approximate surface area is 117 Å². The van der Waals surface area contributed by atoms with Gasteiger partial charge in [-0.25, -0.2) is 0 Å². The average molecular weight is 398 g/mol. The summed E-state index contributed by atoms with van der Waals surface area (Å²) in [6, 6.07) is 5.03. The molecule has 16 heavy (non-hydrogen) atoms. The fourth-order valence-electron chi connectivity index (χ4n) is 1.17. The van der Waals surface area contributed by atoms with Gasteiger partial charge in [0.15, 0.2) is 0 Å². The molecule has 1 atom stereocenters. The van der Waals surface area contributed by atoms with Gasteiger partial charge >= 0.3 is 0 Å². The summed E-state index contributed by atoms with van der Waals surface area (Å²) < 4.78 is 0.738. The molecule has 3 nitrogen and oxygen atoms in total. The number of phenols is 1. The molecule has 2 N–H and O–H groups in total. The van der Waals surface area contributed by atoms with Gasteiger partial charge in [-0.15, -0.1) is 0 Å². The topological polar surface area (TPSA) is 49.3 Å². The van der Waals surface area contributed by atoms with Crippen molar-refractivity contribution in [2.45, 2.75) is 19.4 Å². The maximum absolute atomic E-state index is 11.8. The molecule has 0 aliphatic carbocycles. The van der Waals surface area contributed by atoms with Gasteiger partial charge < -0.3 is 10.4 Å². The summed E-state index contributed by atoms with van der Waals surface area (Å²) in [5.41, 5.74) is 0.484. The second-order valence-electron chi connectivity index (χ2n) is 3.40. The fraction of sp³-hybridized carbons (Fsp3) is 0.364. The molecule has 1 amide bonds. The van der Waals surface area contributed by atoms with E-state index in [9.17, 15) is 9.90 Å². The van der Waals surface area contributed by atoms with Crippen LogP contribution in [0.1, 0.15) is 23.7 Å². The van der Waals surface area contributed by atoms with Gasteiger partial charge in [-0.1, -0.05) is 22.9 Å². The van der Waals surface area contributed by atoms with Crippen LogP contribution >= 0.6 is 38.5 Å². The SMILES string of the molecule is CCC(CBr)NC(=O)c1ccc(I)c(O)c1. The van der Waals surface area contributed by atoms with Crippen LogP contribution in [0.2, 0.25) is 0 Å². The Morgan fingerprint density at radius 2 is 2.31 bits per heavy atom. The van der Waals surface area contributed by atoms with Crippen LogP contribution in [-0.4, -0.2) is 22.4 Å². The molecular weight excluding hydrogens is 385 g/mol. The molecule has 0 spiro atoms. The number of aromatic hydroxyl groups is 1. The van der Waals surface area contributed by atoms with Gasteiger partial charge in [-0.05, 0) is 47.2 Å². The lowest BCUT2D eigenvalue weighted by Crippen LogP contribution is -2.35. The first kappa shape index (κ1) is 13.8. The summed E-state index contributed by atoms with van der Waals surface area (Å²) in [6.07, 6.45) is 0.868. The van der Waals surface area contributed by atoms with Crippen LogP contribution < -0.4 is 5.32 Å². The largest absolute Gasteiger partial charge is 0.507 e. The number of nitrogens with one attached hydrogen (secondary N) is 1. The van der Waals surface area contributed by atoms with Crippen molar-refractivity contribution in [3.05, 3.63) is 27.3 Å². The standard InChI is InChI=1S/C11H13BrINO2/c1-2-8(6-12)14-11(16)7-3-4-9(13)10(15)5-7/h3-5,8,15H,2,6H2,1H3,(H,14,16). The molecule has 0 saturated heterocycles. The first-order valence-corrected chi connectivity index (χ1v) is 7.13. The zero-order chi connectivity index (χ0) is 12.1. The van der Waals surface area contributed by atoms with Crippen LogP contribution in [-0.2, 0) is 0 Å². The van der Waals surface area contributed by atoms with Crippen molar-refractivity contribution in [1.82, 2.24) is 5.32 Å². The average Bonchev–Trinajstić information content (AvgIpc) is 2.29. The highest BCUT2D eigenvalue weighted by molar-refractivity contribution is 14.1. The van der Waals surface area contributed by atoms with E-state index in [-0.39, 0.29) is 17.7 Å². The number of phenolic OH excluding ortho intramolecular Hbond substituents is 1. The molecule has 0 aromatic heterocycles. The monoisotopic (exact) mass is 397 g/mol. The lowest BCUT2D eigenvalue weighted by Gasteiger charge is -2.14. The molecule has 0 aliphatic rings. The van der Waals surface area contributed by atoms with Crippen molar-refractivity contribution < 1.29 is 9.90 Å². The molecule has 5 heteroatoms. The quantitative estimate of drug-likeness (QED) is 0.606. The van der Waals surface area contributed by atoms with Crippen LogP contribution in [0.4, 0.5) is 0 Å². The number of hydrogen-bond acceptors (Lipinski definition) is 2. The molecule has 1 aromatic rings. The van der Waals surface area contributed by atoms with Crippen molar-refractivity contribution >= 4 is 44.4 Å². The number of rotatable bonds is 4. The Balaban J connectivity index is 2.76. The van der Waals surface area contributed by atoms with Gasteiger partial charge in [-0.3, -0.25) is 4.79 Å². The summed E-state index contributed by atoms with van der Waals surface area (Å²) in [6.45, 7) is 2.01. The van der Waals surface area contributed by atoms with E-state index in [1.54, 1.807) is 12.1 Å². The van der Waals surface area contributed by atoms with Gasteiger partial charge in [0.05, 0.1) is 3.57 Å². The second kappa shape index (κ2) is 6.44.